The number of ether oxygens (including phenoxy) is 1. The summed E-state index contributed by atoms with van der Waals surface area (Å²) >= 11 is 6.30. The third-order valence-corrected chi connectivity index (χ3v) is 6.67. The number of carbonyl (C=O) groups excluding carboxylic acids is 5. The summed E-state index contributed by atoms with van der Waals surface area (Å²) in [7, 11) is 0. The minimum atomic E-state index is -0.689. The number of fused-ring (bicyclic) bond motifs is 1. The van der Waals surface area contributed by atoms with Gasteiger partial charge in [-0.2, -0.15) is 0 Å². The van der Waals surface area contributed by atoms with Gasteiger partial charge in [-0.05, 0) is 69.0 Å². The first-order valence-electron chi connectivity index (χ1n) is 12.4. The van der Waals surface area contributed by atoms with E-state index in [1.54, 1.807) is 52.0 Å². The number of benzene rings is 2. The normalized spacial score (nSPS) is 16.9. The molecule has 0 spiro atoms. The molecule has 2 heterocycles. The van der Waals surface area contributed by atoms with Crippen LogP contribution in [0.1, 0.15) is 60.7 Å². The summed E-state index contributed by atoms with van der Waals surface area (Å²) in [6, 6.07) is 7.18. The quantitative estimate of drug-likeness (QED) is 0.409. The van der Waals surface area contributed by atoms with Crippen LogP contribution in [0.4, 0.5) is 21.0 Å². The van der Waals surface area contributed by atoms with Crippen molar-refractivity contribution in [2.24, 2.45) is 0 Å². The lowest BCUT2D eigenvalue weighted by molar-refractivity contribution is -0.136. The van der Waals surface area contributed by atoms with E-state index >= 15 is 0 Å². The number of urea groups is 1. The molecule has 2 aliphatic rings. The van der Waals surface area contributed by atoms with Crippen LogP contribution < -0.4 is 21.3 Å². The molecule has 1 fully saturated rings. The number of nitrogens with one attached hydrogen (secondary N) is 4. The van der Waals surface area contributed by atoms with E-state index in [0.717, 1.165) is 11.1 Å². The van der Waals surface area contributed by atoms with Gasteiger partial charge in [-0.25, -0.2) is 9.59 Å². The highest BCUT2D eigenvalue weighted by molar-refractivity contribution is 6.32. The van der Waals surface area contributed by atoms with E-state index in [9.17, 15) is 24.0 Å². The summed E-state index contributed by atoms with van der Waals surface area (Å²) in [6.07, 6.45) is -0.169. The maximum atomic E-state index is 12.9. The number of amides is 6. The topological polar surface area (TPSA) is 146 Å². The molecule has 39 heavy (non-hydrogen) atoms. The average Bonchev–Trinajstić information content (AvgIpc) is 3.15. The fourth-order valence-corrected chi connectivity index (χ4v) is 4.61. The van der Waals surface area contributed by atoms with Crippen molar-refractivity contribution in [3.8, 4) is 0 Å². The van der Waals surface area contributed by atoms with Crippen molar-refractivity contribution in [3.63, 3.8) is 0 Å². The van der Waals surface area contributed by atoms with Crippen LogP contribution in [0.25, 0.3) is 0 Å². The second-order valence-electron chi connectivity index (χ2n) is 10.5. The van der Waals surface area contributed by atoms with Gasteiger partial charge in [-0.3, -0.25) is 25.0 Å². The Morgan fingerprint density at radius 1 is 1.13 bits per heavy atom. The van der Waals surface area contributed by atoms with Crippen LogP contribution in [0.3, 0.4) is 0 Å². The number of piperidine rings is 1. The van der Waals surface area contributed by atoms with Crippen molar-refractivity contribution in [1.29, 1.82) is 0 Å². The number of carbonyl (C=O) groups is 5. The molecular formula is C27H30ClN5O6. The summed E-state index contributed by atoms with van der Waals surface area (Å²) in [6.45, 7) is 7.41. The number of nitrogens with zero attached hydrogens (tertiary/aromatic N) is 1. The van der Waals surface area contributed by atoms with E-state index in [4.69, 9.17) is 16.3 Å². The first-order valence-corrected chi connectivity index (χ1v) is 12.8. The molecule has 0 bridgehead atoms. The molecule has 1 unspecified atom stereocenters. The van der Waals surface area contributed by atoms with Gasteiger partial charge >= 0.3 is 12.1 Å². The number of anilines is 2. The van der Waals surface area contributed by atoms with E-state index in [-0.39, 0.29) is 37.7 Å². The first-order chi connectivity index (χ1) is 18.3. The summed E-state index contributed by atoms with van der Waals surface area (Å²) in [4.78, 5) is 62.8. The average molecular weight is 556 g/mol. The van der Waals surface area contributed by atoms with Gasteiger partial charge in [0.1, 0.15) is 11.6 Å². The van der Waals surface area contributed by atoms with Crippen LogP contribution in [-0.2, 0) is 27.4 Å². The van der Waals surface area contributed by atoms with Crippen LogP contribution in [0, 0.1) is 6.92 Å². The van der Waals surface area contributed by atoms with Crippen LogP contribution in [0.15, 0.2) is 30.3 Å². The van der Waals surface area contributed by atoms with Crippen molar-refractivity contribution in [1.82, 2.24) is 15.5 Å². The zero-order chi connectivity index (χ0) is 28.5. The molecule has 1 saturated heterocycles. The molecule has 4 rings (SSSR count). The maximum Gasteiger partial charge on any atom is 0.412 e. The highest BCUT2D eigenvalue weighted by atomic mass is 35.5. The zero-order valence-electron chi connectivity index (χ0n) is 22.1. The lowest BCUT2D eigenvalue weighted by Crippen LogP contribution is -2.52. The van der Waals surface area contributed by atoms with E-state index in [0.29, 0.717) is 27.5 Å². The second-order valence-corrected chi connectivity index (χ2v) is 10.9. The van der Waals surface area contributed by atoms with Gasteiger partial charge in [0, 0.05) is 35.8 Å². The Kier molecular flexibility index (Phi) is 7.82. The molecule has 6 amide bonds. The lowest BCUT2D eigenvalue weighted by atomic mass is 10.0. The maximum absolute atomic E-state index is 12.9. The molecule has 2 aliphatic heterocycles. The fourth-order valence-electron chi connectivity index (χ4n) is 4.39. The molecule has 0 aliphatic carbocycles. The third-order valence-electron chi connectivity index (χ3n) is 6.28. The highest BCUT2D eigenvalue weighted by Gasteiger charge is 2.39. The molecule has 2 aromatic carbocycles. The molecule has 0 saturated carbocycles. The summed E-state index contributed by atoms with van der Waals surface area (Å²) in [5.41, 5.74) is 2.71. The molecule has 11 nitrogen and oxygen atoms in total. The Labute approximate surface area is 230 Å². The van der Waals surface area contributed by atoms with E-state index in [1.807, 2.05) is 6.07 Å². The molecular weight excluding hydrogens is 526 g/mol. The van der Waals surface area contributed by atoms with E-state index in [2.05, 4.69) is 21.3 Å². The smallest absolute Gasteiger partial charge is 0.412 e. The summed E-state index contributed by atoms with van der Waals surface area (Å²) in [5, 5.41) is 10.7. The minimum absolute atomic E-state index is 0.175. The second kappa shape index (κ2) is 10.9. The molecule has 2 aromatic rings. The Hall–Kier alpha value is -4.12. The zero-order valence-corrected chi connectivity index (χ0v) is 22.8. The standard InChI is InChI=1S/C27H30ClN5O6/c1-14-19(28)10-17(11-20(14)31-26(38)39-27(2,3)4)30-25(37)29-12-15-5-6-18-16(9-15)13-33(24(18)36)21-7-8-22(34)32-23(21)35/h5-6,9-11,21H,7-8,12-13H2,1-4H3,(H,31,38)(H2,29,30,37)(H,32,34,35). The van der Waals surface area contributed by atoms with Crippen molar-refractivity contribution in [3.05, 3.63) is 57.6 Å². The molecule has 12 heteroatoms. The summed E-state index contributed by atoms with van der Waals surface area (Å²) < 4.78 is 5.28. The Morgan fingerprint density at radius 3 is 2.56 bits per heavy atom. The van der Waals surface area contributed by atoms with Crippen molar-refractivity contribution < 1.29 is 28.7 Å². The van der Waals surface area contributed by atoms with Gasteiger partial charge in [-0.1, -0.05) is 23.7 Å². The van der Waals surface area contributed by atoms with Gasteiger partial charge in [0.25, 0.3) is 5.91 Å². The molecule has 4 N–H and O–H groups in total. The van der Waals surface area contributed by atoms with E-state index < -0.39 is 29.7 Å². The van der Waals surface area contributed by atoms with Crippen molar-refractivity contribution >= 4 is 52.8 Å². The van der Waals surface area contributed by atoms with E-state index in [1.165, 1.54) is 4.90 Å². The fraction of sp³-hybridized carbons (Fsp3) is 0.370. The SMILES string of the molecule is Cc1c(Cl)cc(NC(=O)NCc2ccc3c(c2)CN(C2CCC(=O)NC2=O)C3=O)cc1NC(=O)OC(C)(C)C. The van der Waals surface area contributed by atoms with Gasteiger partial charge < -0.3 is 20.3 Å². The predicted molar refractivity (Wildman–Crippen MR) is 144 cm³/mol. The first kappa shape index (κ1) is 27.9. The minimum Gasteiger partial charge on any atom is -0.444 e. The monoisotopic (exact) mass is 555 g/mol. The molecule has 0 aromatic heterocycles. The van der Waals surface area contributed by atoms with Gasteiger partial charge in [0.2, 0.25) is 11.8 Å². The number of hydrogen-bond donors (Lipinski definition) is 4. The largest absolute Gasteiger partial charge is 0.444 e. The number of imide groups is 1. The van der Waals surface area contributed by atoms with Crippen LogP contribution in [0.2, 0.25) is 5.02 Å². The highest BCUT2D eigenvalue weighted by Crippen LogP contribution is 2.30. The Balaban J connectivity index is 1.37. The number of halogens is 1. The Bertz CT molecular complexity index is 1370. The summed E-state index contributed by atoms with van der Waals surface area (Å²) in [5.74, 6) is -1.06. The lowest BCUT2D eigenvalue weighted by Gasteiger charge is -2.29. The predicted octanol–water partition coefficient (Wildman–Crippen LogP) is 4.08. The van der Waals surface area contributed by atoms with Gasteiger partial charge in [-0.15, -0.1) is 0 Å². The van der Waals surface area contributed by atoms with Crippen LogP contribution in [-0.4, -0.2) is 46.4 Å². The van der Waals surface area contributed by atoms with Crippen LogP contribution in [0.5, 0.6) is 0 Å². The van der Waals surface area contributed by atoms with Crippen molar-refractivity contribution in [2.75, 3.05) is 10.6 Å². The van der Waals surface area contributed by atoms with Gasteiger partial charge in [0.15, 0.2) is 0 Å². The molecule has 206 valence electrons. The Morgan fingerprint density at radius 2 is 1.87 bits per heavy atom. The van der Waals surface area contributed by atoms with Gasteiger partial charge in [0.05, 0.1) is 5.69 Å². The van der Waals surface area contributed by atoms with Crippen molar-refractivity contribution in [2.45, 2.75) is 65.3 Å². The number of rotatable bonds is 5. The van der Waals surface area contributed by atoms with Crippen LogP contribution >= 0.6 is 11.6 Å². The molecule has 1 atom stereocenters. The molecule has 0 radical (unpaired) electrons. The third kappa shape index (κ3) is 6.66. The number of hydrogen-bond acceptors (Lipinski definition) is 6.